The minimum absolute atomic E-state index is 0.249. The molecule has 0 bridgehead atoms. The lowest BCUT2D eigenvalue weighted by atomic mass is 9.69. The van der Waals surface area contributed by atoms with Gasteiger partial charge in [-0.1, -0.05) is 80.1 Å². The van der Waals surface area contributed by atoms with E-state index in [9.17, 15) is 13.2 Å². The summed E-state index contributed by atoms with van der Waals surface area (Å²) >= 11 is 0. The molecule has 1 atom stereocenters. The van der Waals surface area contributed by atoms with E-state index in [1.54, 1.807) is 6.07 Å². The zero-order valence-electron chi connectivity index (χ0n) is 23.5. The molecule has 7 heteroatoms. The standard InChI is InChI=1S/C24H39F3N4.2C2H6/c1-4-6-11-19(5-2)17-30(3)20-16-21(29-22(28-20)24(25,26)27)31-15-10-14-23(18-31)12-8-7-9-13-23;2*1-2/h16,19H,4-15,17-18H2,1-3H3;2*1-2H3. The predicted octanol–water partition coefficient (Wildman–Crippen LogP) is 8.75. The summed E-state index contributed by atoms with van der Waals surface area (Å²) < 4.78 is 41.0. The van der Waals surface area contributed by atoms with Gasteiger partial charge in [0.1, 0.15) is 11.6 Å². The first-order chi connectivity index (χ1) is 16.8. The van der Waals surface area contributed by atoms with Gasteiger partial charge in [-0.15, -0.1) is 0 Å². The fourth-order valence-corrected chi connectivity index (χ4v) is 5.42. The molecule has 1 aromatic heterocycles. The average molecular weight is 501 g/mol. The van der Waals surface area contributed by atoms with Crippen LogP contribution >= 0.6 is 0 Å². The topological polar surface area (TPSA) is 32.3 Å². The predicted molar refractivity (Wildman–Crippen MR) is 143 cm³/mol. The molecule has 2 aliphatic rings. The number of hydrogen-bond donors (Lipinski definition) is 0. The van der Waals surface area contributed by atoms with Crippen LogP contribution in [-0.4, -0.2) is 36.6 Å². The maximum Gasteiger partial charge on any atom is 0.451 e. The van der Waals surface area contributed by atoms with Gasteiger partial charge in [0.05, 0.1) is 0 Å². The SMILES string of the molecule is CC.CC.CCCCC(CC)CN(C)c1cc(N2CCCC3(CCCCC3)C2)nc(C(F)(F)F)n1. The number of piperidine rings is 1. The lowest BCUT2D eigenvalue weighted by Gasteiger charge is -2.46. The van der Waals surface area contributed by atoms with Crippen LogP contribution in [0.3, 0.4) is 0 Å². The van der Waals surface area contributed by atoms with E-state index < -0.39 is 12.0 Å². The van der Waals surface area contributed by atoms with Gasteiger partial charge in [-0.3, -0.25) is 0 Å². The molecule has 2 heterocycles. The fourth-order valence-electron chi connectivity index (χ4n) is 5.42. The number of aromatic nitrogens is 2. The minimum atomic E-state index is -4.55. The Morgan fingerprint density at radius 1 is 1.00 bits per heavy atom. The maximum absolute atomic E-state index is 13.7. The summed E-state index contributed by atoms with van der Waals surface area (Å²) in [6.07, 6.45) is 8.15. The zero-order chi connectivity index (χ0) is 26.5. The Bertz CT molecular complexity index is 696. The maximum atomic E-state index is 13.7. The summed E-state index contributed by atoms with van der Waals surface area (Å²) in [5, 5.41) is 0. The first-order valence-corrected chi connectivity index (χ1v) is 14.2. The van der Waals surface area contributed by atoms with Crippen LogP contribution in [0.25, 0.3) is 0 Å². The van der Waals surface area contributed by atoms with Crippen molar-refractivity contribution in [2.24, 2.45) is 11.3 Å². The van der Waals surface area contributed by atoms with Gasteiger partial charge in [-0.2, -0.15) is 13.2 Å². The smallest absolute Gasteiger partial charge is 0.359 e. The molecule has 1 saturated carbocycles. The Hall–Kier alpha value is -1.53. The van der Waals surface area contributed by atoms with Crippen molar-refractivity contribution in [3.8, 4) is 0 Å². The molecule has 1 aliphatic carbocycles. The van der Waals surface area contributed by atoms with Crippen molar-refractivity contribution in [2.45, 2.75) is 118 Å². The third kappa shape index (κ3) is 9.45. The molecule has 1 spiro atoms. The highest BCUT2D eigenvalue weighted by molar-refractivity contribution is 5.51. The molecule has 0 amide bonds. The van der Waals surface area contributed by atoms with Crippen LogP contribution in [-0.2, 0) is 6.18 Å². The Balaban J connectivity index is 0.00000145. The summed E-state index contributed by atoms with van der Waals surface area (Å²) in [6, 6.07) is 1.78. The van der Waals surface area contributed by atoms with E-state index in [-0.39, 0.29) is 5.41 Å². The molecule has 1 aromatic rings. The first-order valence-electron chi connectivity index (χ1n) is 14.2. The molecular weight excluding hydrogens is 449 g/mol. The van der Waals surface area contributed by atoms with Crippen LogP contribution < -0.4 is 9.80 Å². The van der Waals surface area contributed by atoms with Gasteiger partial charge in [0, 0.05) is 32.7 Å². The number of rotatable bonds is 8. The highest BCUT2D eigenvalue weighted by Crippen LogP contribution is 2.44. The summed E-state index contributed by atoms with van der Waals surface area (Å²) in [7, 11) is 1.86. The molecule has 4 nitrogen and oxygen atoms in total. The molecule has 3 rings (SSSR count). The highest BCUT2D eigenvalue weighted by atomic mass is 19.4. The molecule has 2 fully saturated rings. The lowest BCUT2D eigenvalue weighted by molar-refractivity contribution is -0.144. The van der Waals surface area contributed by atoms with E-state index in [2.05, 4.69) is 28.7 Å². The normalized spacial score (nSPS) is 18.2. The fraction of sp³-hybridized carbons (Fsp3) is 0.857. The monoisotopic (exact) mass is 500 g/mol. The van der Waals surface area contributed by atoms with Crippen molar-refractivity contribution in [3.63, 3.8) is 0 Å². The van der Waals surface area contributed by atoms with Crippen LogP contribution in [0.1, 0.15) is 118 Å². The molecule has 1 saturated heterocycles. The van der Waals surface area contributed by atoms with E-state index in [4.69, 9.17) is 0 Å². The van der Waals surface area contributed by atoms with E-state index in [0.717, 1.165) is 45.2 Å². The molecule has 1 unspecified atom stereocenters. The van der Waals surface area contributed by atoms with E-state index >= 15 is 0 Å². The first kappa shape index (κ1) is 31.5. The Morgan fingerprint density at radius 2 is 1.63 bits per heavy atom. The molecule has 0 aromatic carbocycles. The van der Waals surface area contributed by atoms with Crippen molar-refractivity contribution >= 4 is 11.6 Å². The molecule has 35 heavy (non-hydrogen) atoms. The van der Waals surface area contributed by atoms with Gasteiger partial charge in [-0.25, -0.2) is 9.97 Å². The van der Waals surface area contributed by atoms with Crippen molar-refractivity contribution in [1.82, 2.24) is 9.97 Å². The van der Waals surface area contributed by atoms with Crippen molar-refractivity contribution < 1.29 is 13.2 Å². The van der Waals surface area contributed by atoms with Crippen LogP contribution in [0, 0.1) is 11.3 Å². The van der Waals surface area contributed by atoms with E-state index in [1.165, 1.54) is 38.5 Å². The second-order valence-electron chi connectivity index (χ2n) is 9.79. The molecular formula is C28H51F3N4. The van der Waals surface area contributed by atoms with E-state index in [0.29, 0.717) is 24.1 Å². The van der Waals surface area contributed by atoms with E-state index in [1.807, 2.05) is 39.6 Å². The third-order valence-electron chi connectivity index (χ3n) is 7.32. The van der Waals surface area contributed by atoms with Crippen molar-refractivity contribution in [1.29, 1.82) is 0 Å². The summed E-state index contributed by atoms with van der Waals surface area (Å²) in [5.41, 5.74) is 0.249. The van der Waals surface area contributed by atoms with Gasteiger partial charge in [0.25, 0.3) is 0 Å². The molecule has 1 aliphatic heterocycles. The second-order valence-corrected chi connectivity index (χ2v) is 9.79. The van der Waals surface area contributed by atoms with Gasteiger partial charge in [-0.05, 0) is 43.4 Å². The molecule has 204 valence electrons. The lowest BCUT2D eigenvalue weighted by Crippen LogP contribution is -2.45. The summed E-state index contributed by atoms with van der Waals surface area (Å²) in [6.45, 7) is 14.6. The minimum Gasteiger partial charge on any atom is -0.359 e. The number of halogens is 3. The summed E-state index contributed by atoms with van der Waals surface area (Å²) in [4.78, 5) is 11.9. The Morgan fingerprint density at radius 3 is 2.20 bits per heavy atom. The van der Waals surface area contributed by atoms with Crippen LogP contribution in [0.2, 0.25) is 0 Å². The Kier molecular flexibility index (Phi) is 14.0. The van der Waals surface area contributed by atoms with Gasteiger partial charge < -0.3 is 9.80 Å². The van der Waals surface area contributed by atoms with Crippen LogP contribution in [0.4, 0.5) is 24.8 Å². The van der Waals surface area contributed by atoms with Crippen molar-refractivity contribution in [2.75, 3.05) is 36.5 Å². The molecule has 0 radical (unpaired) electrons. The van der Waals surface area contributed by atoms with Crippen LogP contribution in [0.15, 0.2) is 6.07 Å². The molecule has 0 N–H and O–H groups in total. The third-order valence-corrected chi connectivity index (χ3v) is 7.32. The summed E-state index contributed by atoms with van der Waals surface area (Å²) in [5.74, 6) is 0.265. The van der Waals surface area contributed by atoms with Crippen LogP contribution in [0.5, 0.6) is 0 Å². The average Bonchev–Trinajstić information content (AvgIpc) is 2.88. The van der Waals surface area contributed by atoms with Gasteiger partial charge in [0.15, 0.2) is 0 Å². The highest BCUT2D eigenvalue weighted by Gasteiger charge is 2.39. The number of anilines is 2. The Labute approximate surface area is 213 Å². The largest absolute Gasteiger partial charge is 0.451 e. The van der Waals surface area contributed by atoms with Crippen molar-refractivity contribution in [3.05, 3.63) is 11.9 Å². The number of hydrogen-bond acceptors (Lipinski definition) is 4. The zero-order valence-corrected chi connectivity index (χ0v) is 23.5. The number of nitrogens with zero attached hydrogens (tertiary/aromatic N) is 4. The second kappa shape index (κ2) is 15.6. The van der Waals surface area contributed by atoms with Gasteiger partial charge >= 0.3 is 6.18 Å². The quantitative estimate of drug-likeness (QED) is 0.357. The van der Waals surface area contributed by atoms with Gasteiger partial charge in [0.2, 0.25) is 5.82 Å². The number of alkyl halides is 3. The number of unbranched alkanes of at least 4 members (excludes halogenated alkanes) is 1.